The molecular weight excluding hydrogens is 338 g/mol. The Morgan fingerprint density at radius 2 is 1.80 bits per heavy atom. The molecule has 2 aliphatic rings. The van der Waals surface area contributed by atoms with Gasteiger partial charge < -0.3 is 9.80 Å². The van der Waals surface area contributed by atoms with Crippen molar-refractivity contribution in [3.05, 3.63) is 34.7 Å². The fourth-order valence-corrected chi connectivity index (χ4v) is 3.70. The van der Waals surface area contributed by atoms with Crippen molar-refractivity contribution in [2.75, 3.05) is 38.6 Å². The Hall–Kier alpha value is -2.28. The Morgan fingerprint density at radius 3 is 2.40 bits per heavy atom. The summed E-state index contributed by atoms with van der Waals surface area (Å²) in [6, 6.07) is 7.71. The quantitative estimate of drug-likeness (QED) is 0.773. The monoisotopic (exact) mass is 359 g/mol. The zero-order valence-corrected chi connectivity index (χ0v) is 15.2. The van der Waals surface area contributed by atoms with Crippen molar-refractivity contribution in [1.82, 2.24) is 9.80 Å². The molecule has 2 aliphatic heterocycles. The first-order valence-electron chi connectivity index (χ1n) is 8.26. The number of imide groups is 1. The summed E-state index contributed by atoms with van der Waals surface area (Å²) in [6.07, 6.45) is 3.66. The van der Waals surface area contributed by atoms with Gasteiger partial charge in [-0.1, -0.05) is 12.1 Å². The van der Waals surface area contributed by atoms with E-state index in [4.69, 9.17) is 0 Å². The van der Waals surface area contributed by atoms with E-state index >= 15 is 0 Å². The lowest BCUT2D eigenvalue weighted by molar-refractivity contribution is -0.135. The molecule has 0 aliphatic carbocycles. The maximum Gasteiger partial charge on any atom is 0.294 e. The van der Waals surface area contributed by atoms with E-state index in [0.29, 0.717) is 18.0 Å². The number of nitrogens with zero attached hydrogens (tertiary/aromatic N) is 3. The molecule has 2 heterocycles. The first-order valence-corrected chi connectivity index (χ1v) is 9.08. The fourth-order valence-electron chi connectivity index (χ4n) is 2.86. The molecule has 2 fully saturated rings. The summed E-state index contributed by atoms with van der Waals surface area (Å²) in [5.74, 6) is -0.546. The molecule has 25 heavy (non-hydrogen) atoms. The Morgan fingerprint density at radius 1 is 1.16 bits per heavy atom. The van der Waals surface area contributed by atoms with Crippen LogP contribution in [0.25, 0.3) is 6.08 Å². The van der Waals surface area contributed by atoms with Gasteiger partial charge in [0.15, 0.2) is 0 Å². The number of carbonyl (C=O) groups excluding carboxylic acids is 3. The molecule has 6 nitrogen and oxygen atoms in total. The van der Waals surface area contributed by atoms with Gasteiger partial charge >= 0.3 is 0 Å². The van der Waals surface area contributed by atoms with Crippen molar-refractivity contribution in [2.45, 2.75) is 12.8 Å². The second-order valence-electron chi connectivity index (χ2n) is 6.34. The highest BCUT2D eigenvalue weighted by Gasteiger charge is 2.37. The first kappa shape index (κ1) is 17.5. The summed E-state index contributed by atoms with van der Waals surface area (Å²) in [6.45, 7) is 1.26. The van der Waals surface area contributed by atoms with Crippen molar-refractivity contribution in [2.24, 2.45) is 0 Å². The van der Waals surface area contributed by atoms with Crippen LogP contribution >= 0.6 is 11.8 Å². The van der Waals surface area contributed by atoms with Crippen LogP contribution in [0.2, 0.25) is 0 Å². The van der Waals surface area contributed by atoms with Crippen molar-refractivity contribution in [3.8, 4) is 0 Å². The summed E-state index contributed by atoms with van der Waals surface area (Å²) < 4.78 is 0. The minimum atomic E-state index is -0.390. The third kappa shape index (κ3) is 3.87. The molecule has 1 aromatic carbocycles. The molecule has 0 atom stereocenters. The van der Waals surface area contributed by atoms with Crippen molar-refractivity contribution < 1.29 is 14.4 Å². The van der Waals surface area contributed by atoms with Crippen LogP contribution in [0.5, 0.6) is 0 Å². The maximum absolute atomic E-state index is 12.5. The molecule has 0 saturated carbocycles. The molecule has 0 unspecified atom stereocenters. The number of rotatable bonds is 4. The largest absolute Gasteiger partial charge is 0.378 e. The Bertz CT molecular complexity index is 722. The number of hydrogen-bond acceptors (Lipinski definition) is 5. The summed E-state index contributed by atoms with van der Waals surface area (Å²) in [5.41, 5.74) is 1.91. The molecule has 0 aromatic heterocycles. The van der Waals surface area contributed by atoms with E-state index in [9.17, 15) is 14.4 Å². The van der Waals surface area contributed by atoms with Crippen molar-refractivity contribution in [1.29, 1.82) is 0 Å². The van der Waals surface area contributed by atoms with Crippen LogP contribution in [-0.2, 0) is 9.59 Å². The van der Waals surface area contributed by atoms with Crippen LogP contribution in [0.4, 0.5) is 10.5 Å². The molecule has 3 rings (SSSR count). The second-order valence-corrected chi connectivity index (χ2v) is 7.33. The highest BCUT2D eigenvalue weighted by atomic mass is 32.2. The van der Waals surface area contributed by atoms with Gasteiger partial charge in [-0.2, -0.15) is 0 Å². The molecule has 3 amide bonds. The van der Waals surface area contributed by atoms with E-state index in [1.807, 2.05) is 43.3 Å². The topological polar surface area (TPSA) is 60.9 Å². The van der Waals surface area contributed by atoms with Gasteiger partial charge in [0, 0.05) is 32.9 Å². The Kier molecular flexibility index (Phi) is 5.13. The molecule has 0 radical (unpaired) electrons. The van der Waals surface area contributed by atoms with Crippen molar-refractivity contribution in [3.63, 3.8) is 0 Å². The smallest absolute Gasteiger partial charge is 0.294 e. The SMILES string of the molecule is CN(C)c1ccc(/C=C2/SC(=O)N(CC(=O)N3CCCC3)C2=O)cc1. The number of hydrogen-bond donors (Lipinski definition) is 0. The highest BCUT2D eigenvalue weighted by molar-refractivity contribution is 8.18. The summed E-state index contributed by atoms with van der Waals surface area (Å²) in [4.78, 5) is 41.9. The maximum atomic E-state index is 12.5. The Labute approximate surface area is 151 Å². The molecule has 0 bridgehead atoms. The minimum Gasteiger partial charge on any atom is -0.378 e. The number of thioether (sulfide) groups is 1. The van der Waals surface area contributed by atoms with Gasteiger partial charge in [-0.15, -0.1) is 0 Å². The lowest BCUT2D eigenvalue weighted by atomic mass is 10.2. The van der Waals surface area contributed by atoms with E-state index in [0.717, 1.165) is 40.8 Å². The van der Waals surface area contributed by atoms with E-state index in [1.54, 1.807) is 11.0 Å². The lowest BCUT2D eigenvalue weighted by Crippen LogP contribution is -2.40. The predicted octanol–water partition coefficient (Wildman–Crippen LogP) is 2.41. The Balaban J connectivity index is 1.70. The van der Waals surface area contributed by atoms with Gasteiger partial charge in [0.2, 0.25) is 5.91 Å². The van der Waals surface area contributed by atoms with Crippen LogP contribution in [0.1, 0.15) is 18.4 Å². The van der Waals surface area contributed by atoms with E-state index in [2.05, 4.69) is 0 Å². The standard InChI is InChI=1S/C18H21N3O3S/c1-19(2)14-7-5-13(6-8-14)11-15-17(23)21(18(24)25-15)12-16(22)20-9-3-4-10-20/h5-8,11H,3-4,9-10,12H2,1-2H3/b15-11+. The number of amides is 3. The molecule has 1 aromatic rings. The molecule has 7 heteroatoms. The van der Waals surface area contributed by atoms with Crippen molar-refractivity contribution >= 4 is 40.6 Å². The number of likely N-dealkylation sites (tertiary alicyclic amines) is 1. The molecule has 0 N–H and O–H groups in total. The van der Waals surface area contributed by atoms with Gasteiger partial charge in [0.1, 0.15) is 6.54 Å². The normalized spacial score (nSPS) is 19.2. The van der Waals surface area contributed by atoms with Gasteiger partial charge in [0.25, 0.3) is 11.1 Å². The molecule has 2 saturated heterocycles. The van der Waals surface area contributed by atoms with Crippen LogP contribution in [-0.4, -0.2) is 60.6 Å². The molecule has 0 spiro atoms. The van der Waals surface area contributed by atoms with Gasteiger partial charge in [-0.05, 0) is 48.4 Å². The molecule has 132 valence electrons. The number of anilines is 1. The molecular formula is C18H21N3O3S. The van der Waals surface area contributed by atoms with E-state index in [-0.39, 0.29) is 23.6 Å². The summed E-state index contributed by atoms with van der Waals surface area (Å²) in [7, 11) is 3.91. The zero-order valence-electron chi connectivity index (χ0n) is 14.4. The van der Waals surface area contributed by atoms with E-state index in [1.165, 1.54) is 0 Å². The van der Waals surface area contributed by atoms with Crippen LogP contribution < -0.4 is 4.90 Å². The van der Waals surface area contributed by atoms with Crippen LogP contribution in [0.15, 0.2) is 29.2 Å². The fraction of sp³-hybridized carbons (Fsp3) is 0.389. The minimum absolute atomic E-state index is 0.156. The van der Waals surface area contributed by atoms with Crippen LogP contribution in [0.3, 0.4) is 0 Å². The number of benzene rings is 1. The predicted molar refractivity (Wildman–Crippen MR) is 99.3 cm³/mol. The zero-order chi connectivity index (χ0) is 18.0. The first-order chi connectivity index (χ1) is 12.0. The summed E-state index contributed by atoms with van der Waals surface area (Å²) in [5, 5.41) is -0.381. The third-order valence-electron chi connectivity index (χ3n) is 4.33. The summed E-state index contributed by atoms with van der Waals surface area (Å²) >= 11 is 0.889. The number of carbonyl (C=O) groups is 3. The average molecular weight is 359 g/mol. The van der Waals surface area contributed by atoms with E-state index < -0.39 is 0 Å². The third-order valence-corrected chi connectivity index (χ3v) is 5.24. The van der Waals surface area contributed by atoms with Gasteiger partial charge in [0.05, 0.1) is 4.91 Å². The average Bonchev–Trinajstić information content (AvgIpc) is 3.20. The highest BCUT2D eigenvalue weighted by Crippen LogP contribution is 2.32. The lowest BCUT2D eigenvalue weighted by Gasteiger charge is -2.18. The van der Waals surface area contributed by atoms with Gasteiger partial charge in [-0.25, -0.2) is 0 Å². The van der Waals surface area contributed by atoms with Gasteiger partial charge in [-0.3, -0.25) is 19.3 Å². The second kappa shape index (κ2) is 7.31. The van der Waals surface area contributed by atoms with Crippen LogP contribution in [0, 0.1) is 0 Å².